The minimum absolute atomic E-state index is 0.151. The lowest BCUT2D eigenvalue weighted by Gasteiger charge is -2.27. The van der Waals surface area contributed by atoms with Crippen molar-refractivity contribution in [3.05, 3.63) is 29.3 Å². The van der Waals surface area contributed by atoms with E-state index >= 15 is 0 Å². The summed E-state index contributed by atoms with van der Waals surface area (Å²) >= 11 is 0. The lowest BCUT2D eigenvalue weighted by atomic mass is 10.1. The van der Waals surface area contributed by atoms with Crippen LogP contribution in [-0.2, 0) is 17.5 Å². The van der Waals surface area contributed by atoms with Gasteiger partial charge in [-0.3, -0.25) is 0 Å². The molecular formula is C12H14F3NO2. The van der Waals surface area contributed by atoms with Crippen LogP contribution in [0.2, 0.25) is 0 Å². The fourth-order valence-corrected chi connectivity index (χ4v) is 1.65. The first kappa shape index (κ1) is 13.2. The molecule has 0 aromatic heterocycles. The van der Waals surface area contributed by atoms with Crippen molar-refractivity contribution < 1.29 is 22.6 Å². The smallest absolute Gasteiger partial charge is 0.419 e. The third kappa shape index (κ3) is 2.94. The Balaban J connectivity index is 2.08. The molecule has 0 spiro atoms. The highest BCUT2D eigenvalue weighted by molar-refractivity contribution is 5.39. The van der Waals surface area contributed by atoms with Gasteiger partial charge in [0.25, 0.3) is 0 Å². The molecule has 6 heteroatoms. The number of benzene rings is 1. The fraction of sp³-hybridized carbons (Fsp3) is 0.500. The zero-order valence-electron chi connectivity index (χ0n) is 9.88. The van der Waals surface area contributed by atoms with Gasteiger partial charge in [-0.05, 0) is 17.7 Å². The SMILES string of the molecule is COc1cc(COC2CNC2)ccc1C(F)(F)F. The maximum atomic E-state index is 12.6. The second-order valence-electron chi connectivity index (χ2n) is 4.12. The Morgan fingerprint density at radius 3 is 2.56 bits per heavy atom. The highest BCUT2D eigenvalue weighted by Gasteiger charge is 2.34. The van der Waals surface area contributed by atoms with Crippen LogP contribution in [0.15, 0.2) is 18.2 Å². The van der Waals surface area contributed by atoms with Crippen LogP contribution in [0.5, 0.6) is 5.75 Å². The number of hydrogen-bond acceptors (Lipinski definition) is 3. The molecule has 18 heavy (non-hydrogen) atoms. The minimum atomic E-state index is -4.40. The van der Waals surface area contributed by atoms with Crippen LogP contribution in [0, 0.1) is 0 Å². The van der Waals surface area contributed by atoms with Crippen molar-refractivity contribution in [3.8, 4) is 5.75 Å². The standard InChI is InChI=1S/C12H14F3NO2/c1-17-11-4-8(7-18-9-5-16-6-9)2-3-10(11)12(13,14)15/h2-4,9,16H,5-7H2,1H3. The van der Waals surface area contributed by atoms with E-state index in [1.807, 2.05) is 0 Å². The molecule has 0 aliphatic carbocycles. The van der Waals surface area contributed by atoms with Crippen LogP contribution in [0.4, 0.5) is 13.2 Å². The van der Waals surface area contributed by atoms with E-state index < -0.39 is 11.7 Å². The molecule has 0 radical (unpaired) electrons. The van der Waals surface area contributed by atoms with Crippen molar-refractivity contribution in [1.29, 1.82) is 0 Å². The maximum absolute atomic E-state index is 12.6. The summed E-state index contributed by atoms with van der Waals surface area (Å²) in [4.78, 5) is 0. The number of rotatable bonds is 4. The maximum Gasteiger partial charge on any atom is 0.419 e. The molecule has 1 saturated heterocycles. The highest BCUT2D eigenvalue weighted by atomic mass is 19.4. The zero-order valence-corrected chi connectivity index (χ0v) is 9.88. The first-order valence-electron chi connectivity index (χ1n) is 5.57. The summed E-state index contributed by atoms with van der Waals surface area (Å²) < 4.78 is 48.1. The van der Waals surface area contributed by atoms with Gasteiger partial charge in [0.15, 0.2) is 0 Å². The van der Waals surface area contributed by atoms with Crippen molar-refractivity contribution in [2.75, 3.05) is 20.2 Å². The van der Waals surface area contributed by atoms with E-state index in [1.54, 1.807) is 0 Å². The zero-order chi connectivity index (χ0) is 13.2. The van der Waals surface area contributed by atoms with Crippen LogP contribution in [0.3, 0.4) is 0 Å². The third-order valence-electron chi connectivity index (χ3n) is 2.80. The predicted octanol–water partition coefficient (Wildman–Crippen LogP) is 2.20. The van der Waals surface area contributed by atoms with E-state index in [0.29, 0.717) is 12.2 Å². The largest absolute Gasteiger partial charge is 0.496 e. The van der Waals surface area contributed by atoms with Gasteiger partial charge < -0.3 is 14.8 Å². The number of nitrogens with one attached hydrogen (secondary N) is 1. The Labute approximate surface area is 103 Å². The Bertz CT molecular complexity index is 416. The van der Waals surface area contributed by atoms with Gasteiger partial charge in [0.2, 0.25) is 0 Å². The Morgan fingerprint density at radius 2 is 2.06 bits per heavy atom. The summed E-state index contributed by atoms with van der Waals surface area (Å²) in [5, 5.41) is 3.05. The van der Waals surface area contributed by atoms with Crippen molar-refractivity contribution in [2.24, 2.45) is 0 Å². The molecule has 1 aliphatic heterocycles. The second-order valence-corrected chi connectivity index (χ2v) is 4.12. The summed E-state index contributed by atoms with van der Waals surface area (Å²) in [5.74, 6) is -0.171. The monoisotopic (exact) mass is 261 g/mol. The molecule has 1 aromatic rings. The number of hydrogen-bond donors (Lipinski definition) is 1. The molecule has 0 saturated carbocycles. The van der Waals surface area contributed by atoms with Crippen LogP contribution in [0.25, 0.3) is 0 Å². The van der Waals surface area contributed by atoms with Gasteiger partial charge in [0.1, 0.15) is 5.75 Å². The molecule has 1 aromatic carbocycles. The molecule has 2 rings (SSSR count). The molecule has 1 N–H and O–H groups in total. The first-order chi connectivity index (χ1) is 8.50. The van der Waals surface area contributed by atoms with Crippen molar-refractivity contribution in [2.45, 2.75) is 18.9 Å². The van der Waals surface area contributed by atoms with Crippen molar-refractivity contribution >= 4 is 0 Å². The number of alkyl halides is 3. The van der Waals surface area contributed by atoms with E-state index in [0.717, 1.165) is 19.2 Å². The lowest BCUT2D eigenvalue weighted by molar-refractivity contribution is -0.138. The Hall–Kier alpha value is -1.27. The Morgan fingerprint density at radius 1 is 1.33 bits per heavy atom. The molecule has 100 valence electrons. The van der Waals surface area contributed by atoms with Crippen LogP contribution >= 0.6 is 0 Å². The molecule has 0 unspecified atom stereocenters. The van der Waals surface area contributed by atoms with Gasteiger partial charge in [-0.15, -0.1) is 0 Å². The van der Waals surface area contributed by atoms with E-state index in [4.69, 9.17) is 9.47 Å². The van der Waals surface area contributed by atoms with Crippen molar-refractivity contribution in [3.63, 3.8) is 0 Å². The molecule has 0 atom stereocenters. The van der Waals surface area contributed by atoms with Crippen LogP contribution in [0.1, 0.15) is 11.1 Å². The second kappa shape index (κ2) is 5.16. The summed E-state index contributed by atoms with van der Waals surface area (Å²) in [5.41, 5.74) is -0.0918. The number of methoxy groups -OCH3 is 1. The molecule has 3 nitrogen and oxygen atoms in total. The highest BCUT2D eigenvalue weighted by Crippen LogP contribution is 2.36. The normalized spacial score (nSPS) is 16.4. The third-order valence-corrected chi connectivity index (χ3v) is 2.80. The summed E-state index contributed by atoms with van der Waals surface area (Å²) in [6.45, 7) is 1.87. The summed E-state index contributed by atoms with van der Waals surface area (Å²) in [6.07, 6.45) is -4.25. The van der Waals surface area contributed by atoms with Crippen LogP contribution in [-0.4, -0.2) is 26.3 Å². The van der Waals surface area contributed by atoms with Crippen LogP contribution < -0.4 is 10.1 Å². The predicted molar refractivity (Wildman–Crippen MR) is 59.4 cm³/mol. The fourth-order valence-electron chi connectivity index (χ4n) is 1.65. The van der Waals surface area contributed by atoms with Gasteiger partial charge in [-0.2, -0.15) is 13.2 Å². The van der Waals surface area contributed by atoms with Gasteiger partial charge in [0.05, 0.1) is 25.4 Å². The molecule has 0 bridgehead atoms. The molecule has 1 fully saturated rings. The number of ether oxygens (including phenoxy) is 2. The first-order valence-corrected chi connectivity index (χ1v) is 5.57. The average Bonchev–Trinajstić information content (AvgIpc) is 2.25. The average molecular weight is 261 g/mol. The summed E-state index contributed by atoms with van der Waals surface area (Å²) in [6, 6.07) is 3.81. The minimum Gasteiger partial charge on any atom is -0.496 e. The van der Waals surface area contributed by atoms with Gasteiger partial charge in [-0.25, -0.2) is 0 Å². The quantitative estimate of drug-likeness (QED) is 0.901. The lowest BCUT2D eigenvalue weighted by Crippen LogP contribution is -2.48. The van der Waals surface area contributed by atoms with E-state index in [9.17, 15) is 13.2 Å². The van der Waals surface area contributed by atoms with Gasteiger partial charge in [0, 0.05) is 13.1 Å². The molecular weight excluding hydrogens is 247 g/mol. The van der Waals surface area contributed by atoms with Gasteiger partial charge >= 0.3 is 6.18 Å². The van der Waals surface area contributed by atoms with Crippen molar-refractivity contribution in [1.82, 2.24) is 5.32 Å². The van der Waals surface area contributed by atoms with E-state index in [1.165, 1.54) is 19.2 Å². The Kier molecular flexibility index (Phi) is 3.77. The molecule has 1 aliphatic rings. The van der Waals surface area contributed by atoms with E-state index in [2.05, 4.69) is 5.32 Å². The molecule has 0 amide bonds. The number of halogens is 3. The topological polar surface area (TPSA) is 30.5 Å². The van der Waals surface area contributed by atoms with Gasteiger partial charge in [-0.1, -0.05) is 6.07 Å². The van der Waals surface area contributed by atoms with E-state index in [-0.39, 0.29) is 11.9 Å². The summed E-state index contributed by atoms with van der Waals surface area (Å²) in [7, 11) is 1.23. The molecule has 1 heterocycles.